The van der Waals surface area contributed by atoms with Gasteiger partial charge < -0.3 is 9.15 Å². The van der Waals surface area contributed by atoms with Gasteiger partial charge in [0.2, 0.25) is 5.89 Å². The van der Waals surface area contributed by atoms with Gasteiger partial charge in [0.25, 0.3) is 5.89 Å². The van der Waals surface area contributed by atoms with Crippen molar-refractivity contribution in [1.82, 2.24) is 10.2 Å². The van der Waals surface area contributed by atoms with Crippen LogP contribution in [0.4, 0.5) is 4.39 Å². The van der Waals surface area contributed by atoms with E-state index in [-0.39, 0.29) is 17.6 Å². The topological polar surface area (TPSA) is 48.2 Å². The molecule has 0 radical (unpaired) electrons. The van der Waals surface area contributed by atoms with Crippen molar-refractivity contribution in [2.24, 2.45) is 0 Å². The maximum Gasteiger partial charge on any atom is 0.257 e. The Morgan fingerprint density at radius 3 is 2.57 bits per heavy atom. The fourth-order valence-electron chi connectivity index (χ4n) is 1.92. The number of aromatic nitrogens is 2. The molecule has 7 heteroatoms. The summed E-state index contributed by atoms with van der Waals surface area (Å²) in [5, 5.41) is 8.83. The standard InChI is InChI=1S/C16H11Cl2FN2O2/c1-9(22-14-8-11(17)4-7-13(14)18)15-20-21-16(23-15)10-2-5-12(19)6-3-10/h2-9H,1H3/t9-/m0/s1. The van der Waals surface area contributed by atoms with Gasteiger partial charge in [0, 0.05) is 16.7 Å². The van der Waals surface area contributed by atoms with Crippen molar-refractivity contribution >= 4 is 23.2 Å². The zero-order valence-electron chi connectivity index (χ0n) is 12.0. The van der Waals surface area contributed by atoms with Crippen LogP contribution in [0.25, 0.3) is 11.5 Å². The molecule has 0 aliphatic heterocycles. The van der Waals surface area contributed by atoms with Crippen molar-refractivity contribution in [1.29, 1.82) is 0 Å². The number of hydrogen-bond acceptors (Lipinski definition) is 4. The minimum Gasteiger partial charge on any atom is -0.479 e. The predicted octanol–water partition coefficient (Wildman–Crippen LogP) is 5.32. The molecular formula is C16H11Cl2FN2O2. The average Bonchev–Trinajstić information content (AvgIpc) is 3.02. The summed E-state index contributed by atoms with van der Waals surface area (Å²) in [7, 11) is 0. The third kappa shape index (κ3) is 3.63. The van der Waals surface area contributed by atoms with E-state index in [0.29, 0.717) is 21.4 Å². The van der Waals surface area contributed by atoms with Crippen LogP contribution in [-0.2, 0) is 0 Å². The predicted molar refractivity (Wildman–Crippen MR) is 85.2 cm³/mol. The van der Waals surface area contributed by atoms with Gasteiger partial charge in [-0.1, -0.05) is 23.2 Å². The van der Waals surface area contributed by atoms with Gasteiger partial charge in [0.05, 0.1) is 5.02 Å². The third-order valence-corrected chi connectivity index (χ3v) is 3.62. The lowest BCUT2D eigenvalue weighted by Crippen LogP contribution is -2.03. The Bertz CT molecular complexity index is 821. The van der Waals surface area contributed by atoms with Crippen molar-refractivity contribution in [2.45, 2.75) is 13.0 Å². The molecule has 0 bridgehead atoms. The highest BCUT2D eigenvalue weighted by Crippen LogP contribution is 2.31. The molecule has 0 spiro atoms. The molecule has 3 rings (SSSR count). The molecule has 0 N–H and O–H groups in total. The number of halogens is 3. The van der Waals surface area contributed by atoms with E-state index in [9.17, 15) is 4.39 Å². The molecule has 0 saturated carbocycles. The van der Waals surface area contributed by atoms with Crippen LogP contribution in [0.15, 0.2) is 46.9 Å². The Balaban J connectivity index is 1.79. The molecule has 0 aliphatic rings. The molecule has 3 aromatic rings. The molecule has 1 aromatic heterocycles. The van der Waals surface area contributed by atoms with E-state index < -0.39 is 6.10 Å². The van der Waals surface area contributed by atoms with Crippen molar-refractivity contribution in [3.8, 4) is 17.2 Å². The molecule has 0 saturated heterocycles. The van der Waals surface area contributed by atoms with Crippen LogP contribution in [0.3, 0.4) is 0 Å². The molecule has 0 unspecified atom stereocenters. The number of rotatable bonds is 4. The van der Waals surface area contributed by atoms with E-state index >= 15 is 0 Å². The van der Waals surface area contributed by atoms with Gasteiger partial charge in [-0.15, -0.1) is 10.2 Å². The van der Waals surface area contributed by atoms with E-state index in [1.54, 1.807) is 37.3 Å². The zero-order chi connectivity index (χ0) is 16.4. The highest BCUT2D eigenvalue weighted by Gasteiger charge is 2.18. The van der Waals surface area contributed by atoms with Crippen LogP contribution in [0.1, 0.15) is 18.9 Å². The molecule has 23 heavy (non-hydrogen) atoms. The van der Waals surface area contributed by atoms with Gasteiger partial charge in [-0.05, 0) is 43.3 Å². The monoisotopic (exact) mass is 352 g/mol. The molecule has 4 nitrogen and oxygen atoms in total. The fourth-order valence-corrected chi connectivity index (χ4v) is 2.24. The first-order valence-electron chi connectivity index (χ1n) is 6.74. The van der Waals surface area contributed by atoms with Crippen molar-refractivity contribution in [3.05, 3.63) is 64.2 Å². The summed E-state index contributed by atoms with van der Waals surface area (Å²) in [5.41, 5.74) is 0.623. The smallest absolute Gasteiger partial charge is 0.257 e. The summed E-state index contributed by atoms with van der Waals surface area (Å²) in [6.45, 7) is 1.75. The summed E-state index contributed by atoms with van der Waals surface area (Å²) in [6.07, 6.45) is -0.521. The summed E-state index contributed by atoms with van der Waals surface area (Å²) >= 11 is 12.0. The van der Waals surface area contributed by atoms with Crippen LogP contribution in [0.5, 0.6) is 5.75 Å². The van der Waals surface area contributed by atoms with Gasteiger partial charge in [-0.25, -0.2) is 4.39 Å². The van der Waals surface area contributed by atoms with Crippen LogP contribution < -0.4 is 4.74 Å². The van der Waals surface area contributed by atoms with Crippen LogP contribution >= 0.6 is 23.2 Å². The van der Waals surface area contributed by atoms with E-state index in [4.69, 9.17) is 32.4 Å². The molecule has 0 fully saturated rings. The van der Waals surface area contributed by atoms with Crippen molar-refractivity contribution in [3.63, 3.8) is 0 Å². The van der Waals surface area contributed by atoms with Gasteiger partial charge in [0.1, 0.15) is 11.6 Å². The largest absolute Gasteiger partial charge is 0.479 e. The highest BCUT2D eigenvalue weighted by atomic mass is 35.5. The summed E-state index contributed by atoms with van der Waals surface area (Å²) in [6, 6.07) is 10.7. The van der Waals surface area contributed by atoms with Crippen molar-refractivity contribution in [2.75, 3.05) is 0 Å². The van der Waals surface area contributed by atoms with Gasteiger partial charge in [0.15, 0.2) is 6.10 Å². The summed E-state index contributed by atoms with van der Waals surface area (Å²) < 4.78 is 24.2. The second kappa shape index (κ2) is 6.56. The van der Waals surface area contributed by atoms with E-state index in [0.717, 1.165) is 0 Å². The van der Waals surface area contributed by atoms with Crippen LogP contribution in [0.2, 0.25) is 10.0 Å². The lowest BCUT2D eigenvalue weighted by Gasteiger charge is -2.12. The first-order chi connectivity index (χ1) is 11.0. The molecule has 0 amide bonds. The normalized spacial score (nSPS) is 12.2. The lowest BCUT2D eigenvalue weighted by molar-refractivity contribution is 0.190. The maximum atomic E-state index is 12.9. The molecule has 1 heterocycles. The molecule has 118 valence electrons. The minimum absolute atomic E-state index is 0.278. The molecular weight excluding hydrogens is 342 g/mol. The average molecular weight is 353 g/mol. The SMILES string of the molecule is C[C@H](Oc1cc(Cl)ccc1Cl)c1nnc(-c2ccc(F)cc2)o1. The molecule has 2 aromatic carbocycles. The number of nitrogens with zero attached hydrogens (tertiary/aromatic N) is 2. The highest BCUT2D eigenvalue weighted by molar-refractivity contribution is 6.34. The van der Waals surface area contributed by atoms with Crippen molar-refractivity contribution < 1.29 is 13.5 Å². The Kier molecular flexibility index (Phi) is 4.50. The van der Waals surface area contributed by atoms with E-state index in [2.05, 4.69) is 10.2 Å². The van der Waals surface area contributed by atoms with E-state index in [1.165, 1.54) is 12.1 Å². The summed E-state index contributed by atoms with van der Waals surface area (Å²) in [4.78, 5) is 0. The summed E-state index contributed by atoms with van der Waals surface area (Å²) in [5.74, 6) is 0.655. The Morgan fingerprint density at radius 2 is 1.83 bits per heavy atom. The van der Waals surface area contributed by atoms with Crippen LogP contribution in [0, 0.1) is 5.82 Å². The molecule has 1 atom stereocenters. The number of hydrogen-bond donors (Lipinski definition) is 0. The second-order valence-electron chi connectivity index (χ2n) is 4.79. The van der Waals surface area contributed by atoms with Gasteiger partial charge in [-0.2, -0.15) is 0 Å². The lowest BCUT2D eigenvalue weighted by atomic mass is 10.2. The van der Waals surface area contributed by atoms with Gasteiger partial charge in [-0.3, -0.25) is 0 Å². The zero-order valence-corrected chi connectivity index (χ0v) is 13.5. The van der Waals surface area contributed by atoms with Crippen LogP contribution in [-0.4, -0.2) is 10.2 Å². The Morgan fingerprint density at radius 1 is 1.09 bits per heavy atom. The number of ether oxygens (including phenoxy) is 1. The second-order valence-corrected chi connectivity index (χ2v) is 5.63. The first kappa shape index (κ1) is 15.8. The first-order valence-corrected chi connectivity index (χ1v) is 7.49. The number of benzene rings is 2. The fraction of sp³-hybridized carbons (Fsp3) is 0.125. The Hall–Kier alpha value is -2.11. The third-order valence-electron chi connectivity index (χ3n) is 3.08. The maximum absolute atomic E-state index is 12.9. The Labute approximate surface area is 141 Å². The molecule has 0 aliphatic carbocycles. The minimum atomic E-state index is -0.521. The quantitative estimate of drug-likeness (QED) is 0.637. The van der Waals surface area contributed by atoms with Gasteiger partial charge >= 0.3 is 0 Å². The van der Waals surface area contributed by atoms with E-state index in [1.807, 2.05) is 0 Å².